The Morgan fingerprint density at radius 1 is 0.935 bits per heavy atom. The smallest absolute Gasteiger partial charge is 0.131 e. The first kappa shape index (κ1) is 20.7. The van der Waals surface area contributed by atoms with Crippen LogP contribution >= 0.6 is 11.6 Å². The van der Waals surface area contributed by atoms with Gasteiger partial charge in [0.25, 0.3) is 0 Å². The van der Waals surface area contributed by atoms with Crippen LogP contribution in [-0.4, -0.2) is 24.0 Å². The lowest BCUT2D eigenvalue weighted by Crippen LogP contribution is -2.03. The molecule has 0 aliphatic carbocycles. The molecule has 0 spiro atoms. The van der Waals surface area contributed by atoms with Crippen molar-refractivity contribution in [3.8, 4) is 28.4 Å². The van der Waals surface area contributed by atoms with E-state index in [9.17, 15) is 4.39 Å². The van der Waals surface area contributed by atoms with Crippen LogP contribution in [-0.2, 0) is 0 Å². The number of nitrogens with zero attached hydrogens (tertiary/aromatic N) is 2. The number of methoxy groups -OCH3 is 2. The summed E-state index contributed by atoms with van der Waals surface area (Å²) in [6.07, 6.45) is 1.69. The van der Waals surface area contributed by atoms with E-state index in [1.54, 1.807) is 55.4 Å². The molecular weight excluding hydrogens is 415 g/mol. The number of halogens is 2. The topological polar surface area (TPSA) is 36.3 Å². The minimum Gasteiger partial charge on any atom is -0.496 e. The van der Waals surface area contributed by atoms with Crippen molar-refractivity contribution in [3.05, 3.63) is 101 Å². The lowest BCUT2D eigenvalue weighted by Gasteiger charge is -2.18. The maximum absolute atomic E-state index is 14.5. The summed E-state index contributed by atoms with van der Waals surface area (Å²) >= 11 is 6.41. The van der Waals surface area contributed by atoms with Gasteiger partial charge in [0, 0.05) is 22.8 Å². The van der Waals surface area contributed by atoms with Crippen LogP contribution in [0.25, 0.3) is 22.5 Å². The maximum Gasteiger partial charge on any atom is 0.131 e. The van der Waals surface area contributed by atoms with Gasteiger partial charge in [-0.3, -0.25) is 0 Å². The van der Waals surface area contributed by atoms with Crippen LogP contribution in [0.2, 0.25) is 5.02 Å². The van der Waals surface area contributed by atoms with Crippen LogP contribution in [0.1, 0.15) is 11.1 Å². The van der Waals surface area contributed by atoms with Crippen molar-refractivity contribution >= 4 is 17.2 Å². The molecule has 0 saturated heterocycles. The van der Waals surface area contributed by atoms with Gasteiger partial charge in [0.15, 0.2) is 0 Å². The Bertz CT molecular complexity index is 1270. The molecule has 0 atom stereocenters. The van der Waals surface area contributed by atoms with Crippen molar-refractivity contribution in [2.75, 3.05) is 14.2 Å². The first-order valence-electron chi connectivity index (χ1n) is 9.54. The molecule has 4 aromatic rings. The van der Waals surface area contributed by atoms with Crippen molar-refractivity contribution in [2.24, 2.45) is 0 Å². The van der Waals surface area contributed by atoms with Crippen molar-refractivity contribution < 1.29 is 13.9 Å². The Hall–Kier alpha value is -3.57. The summed E-state index contributed by atoms with van der Waals surface area (Å²) < 4.78 is 27.4. The highest BCUT2D eigenvalue weighted by molar-refractivity contribution is 6.32. The van der Waals surface area contributed by atoms with Crippen molar-refractivity contribution in [2.45, 2.75) is 0 Å². The summed E-state index contributed by atoms with van der Waals surface area (Å²) in [5.74, 6) is 0.751. The first-order chi connectivity index (χ1) is 15.0. The predicted octanol–water partition coefficient (Wildman–Crippen LogP) is 6.41. The fraction of sp³-hybridized carbons (Fsp3) is 0.0800. The zero-order chi connectivity index (χ0) is 22.0. The van der Waals surface area contributed by atoms with Crippen LogP contribution in [0.4, 0.5) is 4.39 Å². The van der Waals surface area contributed by atoms with Gasteiger partial charge in [-0.25, -0.2) is 9.07 Å². The summed E-state index contributed by atoms with van der Waals surface area (Å²) in [4.78, 5) is 0. The number of benzene rings is 3. The van der Waals surface area contributed by atoms with Crippen LogP contribution in [0.5, 0.6) is 11.5 Å². The molecule has 0 N–H and O–H groups in total. The van der Waals surface area contributed by atoms with Gasteiger partial charge < -0.3 is 9.47 Å². The van der Waals surface area contributed by atoms with Crippen molar-refractivity contribution in [3.63, 3.8) is 0 Å². The van der Waals surface area contributed by atoms with Crippen molar-refractivity contribution in [1.29, 1.82) is 0 Å². The summed E-state index contributed by atoms with van der Waals surface area (Å²) in [5, 5.41) is 5.02. The molecule has 0 amide bonds. The molecule has 4 nitrogen and oxygen atoms in total. The normalized spacial score (nSPS) is 10.7. The Balaban J connectivity index is 1.92. The molecule has 6 heteroatoms. The van der Waals surface area contributed by atoms with Crippen LogP contribution in [0, 0.1) is 5.82 Å². The molecule has 0 bridgehead atoms. The Kier molecular flexibility index (Phi) is 5.78. The summed E-state index contributed by atoms with van der Waals surface area (Å²) in [7, 11) is 3.14. The fourth-order valence-electron chi connectivity index (χ4n) is 3.51. The molecule has 0 unspecified atom stereocenters. The Morgan fingerprint density at radius 3 is 2.35 bits per heavy atom. The third-order valence-corrected chi connectivity index (χ3v) is 5.36. The molecule has 0 radical (unpaired) electrons. The van der Waals surface area contributed by atoms with Gasteiger partial charge >= 0.3 is 0 Å². The van der Waals surface area contributed by atoms with Crippen LogP contribution in [0.3, 0.4) is 0 Å². The van der Waals surface area contributed by atoms with Gasteiger partial charge in [0.05, 0.1) is 36.8 Å². The van der Waals surface area contributed by atoms with Crippen molar-refractivity contribution in [1.82, 2.24) is 9.78 Å². The molecule has 0 saturated carbocycles. The highest BCUT2D eigenvalue weighted by atomic mass is 35.5. The van der Waals surface area contributed by atoms with E-state index in [4.69, 9.17) is 21.1 Å². The van der Waals surface area contributed by atoms with Crippen LogP contribution in [0.15, 0.2) is 79.5 Å². The molecule has 0 aliphatic heterocycles. The fourth-order valence-corrected chi connectivity index (χ4v) is 3.72. The van der Waals surface area contributed by atoms with Gasteiger partial charge in [0.2, 0.25) is 0 Å². The van der Waals surface area contributed by atoms with Gasteiger partial charge in [-0.1, -0.05) is 48.5 Å². The van der Waals surface area contributed by atoms with E-state index in [2.05, 4.69) is 11.7 Å². The number of hydrogen-bond acceptors (Lipinski definition) is 3. The second-order valence-electron chi connectivity index (χ2n) is 6.79. The van der Waals surface area contributed by atoms with Gasteiger partial charge in [0.1, 0.15) is 17.3 Å². The zero-order valence-corrected chi connectivity index (χ0v) is 17.9. The molecule has 1 aromatic heterocycles. The number of hydrogen-bond donors (Lipinski definition) is 0. The van der Waals surface area contributed by atoms with E-state index < -0.39 is 0 Å². The minimum atomic E-state index is -0.354. The monoisotopic (exact) mass is 434 g/mol. The van der Waals surface area contributed by atoms with E-state index in [-0.39, 0.29) is 5.82 Å². The van der Waals surface area contributed by atoms with E-state index in [0.717, 1.165) is 16.9 Å². The number of rotatable bonds is 6. The molecule has 0 fully saturated rings. The highest BCUT2D eigenvalue weighted by Crippen LogP contribution is 2.41. The Morgan fingerprint density at radius 2 is 1.65 bits per heavy atom. The van der Waals surface area contributed by atoms with Gasteiger partial charge in [-0.15, -0.1) is 0 Å². The SMILES string of the molecule is C=C(c1ccccc1F)c1cc(-c2ccnn2-c2ccccc2Cl)c(OC)cc1OC. The highest BCUT2D eigenvalue weighted by Gasteiger charge is 2.20. The molecule has 4 rings (SSSR count). The number of aromatic nitrogens is 2. The lowest BCUT2D eigenvalue weighted by molar-refractivity contribution is 0.394. The van der Waals surface area contributed by atoms with E-state index in [1.165, 1.54) is 6.07 Å². The molecule has 0 aliphatic rings. The maximum atomic E-state index is 14.5. The van der Waals surface area contributed by atoms with E-state index >= 15 is 0 Å². The largest absolute Gasteiger partial charge is 0.496 e. The molecule has 3 aromatic carbocycles. The number of para-hydroxylation sites is 1. The predicted molar refractivity (Wildman–Crippen MR) is 122 cm³/mol. The summed E-state index contributed by atoms with van der Waals surface area (Å²) in [6, 6.07) is 19.5. The first-order valence-corrected chi connectivity index (χ1v) is 9.92. The standard InChI is InChI=1S/C25H20ClFN2O2/c1-16(17-8-4-6-10-21(17)27)18-14-19(25(31-3)15-24(18)30-2)22-12-13-28-29(22)23-11-7-5-9-20(23)26/h4-15H,1H2,2-3H3. The Labute approximate surface area is 185 Å². The van der Waals surface area contributed by atoms with Gasteiger partial charge in [-0.2, -0.15) is 5.10 Å². The molecular formula is C25H20ClFN2O2. The third kappa shape index (κ3) is 3.80. The second kappa shape index (κ2) is 8.66. The van der Waals surface area contributed by atoms with Crippen LogP contribution < -0.4 is 9.47 Å². The molecule has 1 heterocycles. The summed E-state index contributed by atoms with van der Waals surface area (Å²) in [5.41, 5.74) is 3.79. The summed E-state index contributed by atoms with van der Waals surface area (Å²) in [6.45, 7) is 4.13. The average Bonchev–Trinajstić information content (AvgIpc) is 3.27. The van der Waals surface area contributed by atoms with E-state index in [0.29, 0.717) is 33.2 Å². The third-order valence-electron chi connectivity index (χ3n) is 5.05. The average molecular weight is 435 g/mol. The zero-order valence-electron chi connectivity index (χ0n) is 17.1. The molecule has 156 valence electrons. The number of ether oxygens (including phenoxy) is 2. The quantitative estimate of drug-likeness (QED) is 0.352. The van der Waals surface area contributed by atoms with E-state index in [1.807, 2.05) is 30.3 Å². The minimum absolute atomic E-state index is 0.354. The van der Waals surface area contributed by atoms with Gasteiger partial charge in [-0.05, 0) is 35.9 Å². The lowest BCUT2D eigenvalue weighted by atomic mass is 9.95. The molecule has 31 heavy (non-hydrogen) atoms. The second-order valence-corrected chi connectivity index (χ2v) is 7.20.